The summed E-state index contributed by atoms with van der Waals surface area (Å²) < 4.78 is 26.9. The molecule has 0 heterocycles. The molecule has 0 aromatic rings. The Hall–Kier alpha value is -0.570. The van der Waals surface area contributed by atoms with Crippen molar-refractivity contribution in [3.05, 3.63) is 0 Å². The summed E-state index contributed by atoms with van der Waals surface area (Å²) in [6, 6.07) is 0. The minimum Gasteiger partial charge on any atom is -0.379 e. The molecule has 0 unspecified atom stereocenters. The predicted octanol–water partition coefficient (Wildman–Crippen LogP) is 1.44. The Kier molecular flexibility index (Phi) is 16.5. The number of rotatable bonds is 18. The summed E-state index contributed by atoms with van der Waals surface area (Å²) in [5, 5.41) is 3.36. The lowest BCUT2D eigenvalue weighted by atomic mass is 10.1. The van der Waals surface area contributed by atoms with Gasteiger partial charge in [0.2, 0.25) is 0 Å². The van der Waals surface area contributed by atoms with Gasteiger partial charge in [0.1, 0.15) is 5.78 Å². The second-order valence-corrected chi connectivity index (χ2v) is 6.69. The van der Waals surface area contributed by atoms with Crippen molar-refractivity contribution in [2.45, 2.75) is 39.7 Å². The molecule has 0 aliphatic carbocycles. The van der Waals surface area contributed by atoms with Crippen molar-refractivity contribution in [2.75, 3.05) is 72.6 Å². The normalized spacial score (nSPS) is 11.8. The molecule has 7 heteroatoms. The van der Waals surface area contributed by atoms with E-state index >= 15 is 0 Å². The number of ketones is 1. The molecule has 0 aliphatic rings. The lowest BCUT2D eigenvalue weighted by molar-refractivity contribution is -0.118. The first-order valence-corrected chi connectivity index (χ1v) is 9.05. The number of hydrogen-bond acceptors (Lipinski definition) is 7. The summed E-state index contributed by atoms with van der Waals surface area (Å²) in [4.78, 5) is 10.7. The Bertz CT molecular complexity index is 306. The second kappa shape index (κ2) is 16.9. The smallest absolute Gasteiger partial charge is 0.132 e. The molecule has 0 radical (unpaired) electrons. The first-order chi connectivity index (χ1) is 11.9. The fraction of sp³-hybridized carbons (Fsp3) is 0.944. The van der Waals surface area contributed by atoms with E-state index < -0.39 is 0 Å². The molecule has 0 saturated heterocycles. The molecule has 0 aromatic carbocycles. The summed E-state index contributed by atoms with van der Waals surface area (Å²) in [5.41, 5.74) is 0.128. The fourth-order valence-electron chi connectivity index (χ4n) is 1.70. The van der Waals surface area contributed by atoms with Crippen LogP contribution in [0.15, 0.2) is 0 Å². The molecular weight excluding hydrogens is 326 g/mol. The largest absolute Gasteiger partial charge is 0.379 e. The topological polar surface area (TPSA) is 75.3 Å². The van der Waals surface area contributed by atoms with Crippen LogP contribution >= 0.6 is 0 Å². The molecule has 150 valence electrons. The molecule has 7 nitrogen and oxygen atoms in total. The van der Waals surface area contributed by atoms with Crippen LogP contribution in [0.1, 0.15) is 34.1 Å². The second-order valence-electron chi connectivity index (χ2n) is 6.69. The lowest BCUT2D eigenvalue weighted by Crippen LogP contribution is -2.38. The van der Waals surface area contributed by atoms with Gasteiger partial charge in [-0.3, -0.25) is 4.79 Å². The van der Waals surface area contributed by atoms with Gasteiger partial charge in [-0.05, 0) is 27.7 Å². The monoisotopic (exact) mass is 363 g/mol. The van der Waals surface area contributed by atoms with Crippen LogP contribution in [0.5, 0.6) is 0 Å². The van der Waals surface area contributed by atoms with Crippen molar-refractivity contribution < 1.29 is 28.5 Å². The van der Waals surface area contributed by atoms with Gasteiger partial charge >= 0.3 is 0 Å². The highest BCUT2D eigenvalue weighted by Gasteiger charge is 2.06. The van der Waals surface area contributed by atoms with E-state index in [4.69, 9.17) is 23.7 Å². The van der Waals surface area contributed by atoms with Crippen LogP contribution in [0.2, 0.25) is 0 Å². The molecule has 0 atom stereocenters. The molecule has 0 aliphatic heterocycles. The number of ether oxygens (including phenoxy) is 5. The van der Waals surface area contributed by atoms with Gasteiger partial charge in [0, 0.05) is 18.5 Å². The van der Waals surface area contributed by atoms with Gasteiger partial charge < -0.3 is 29.0 Å². The number of nitrogens with one attached hydrogen (secondary N) is 1. The van der Waals surface area contributed by atoms with E-state index in [1.54, 1.807) is 6.92 Å². The highest BCUT2D eigenvalue weighted by atomic mass is 16.6. The van der Waals surface area contributed by atoms with Gasteiger partial charge in [0.05, 0.1) is 66.1 Å². The number of carbonyl (C=O) groups is 1. The first kappa shape index (κ1) is 24.4. The maximum atomic E-state index is 10.7. The zero-order chi connectivity index (χ0) is 18.8. The van der Waals surface area contributed by atoms with E-state index in [9.17, 15) is 4.79 Å². The number of Topliss-reactive ketones (excluding diaryl/α,β-unsaturated/α-hetero) is 1. The highest BCUT2D eigenvalue weighted by Crippen LogP contribution is 1.96. The Morgan fingerprint density at radius 3 is 1.40 bits per heavy atom. The standard InChI is InChI=1S/C18H37NO6/c1-17(20)5-7-21-9-11-23-13-15-25-16-14-24-12-10-22-8-6-19-18(2,3)4/h19H,5-16H2,1-4H3. The average Bonchev–Trinajstić information content (AvgIpc) is 2.52. The number of hydrogen-bond donors (Lipinski definition) is 1. The average molecular weight is 363 g/mol. The van der Waals surface area contributed by atoms with Crippen LogP contribution in [-0.4, -0.2) is 83.9 Å². The van der Waals surface area contributed by atoms with E-state index in [1.807, 2.05) is 0 Å². The minimum absolute atomic E-state index is 0.128. The van der Waals surface area contributed by atoms with Crippen LogP contribution in [0.3, 0.4) is 0 Å². The maximum absolute atomic E-state index is 10.7. The van der Waals surface area contributed by atoms with Crippen molar-refractivity contribution in [3.63, 3.8) is 0 Å². The highest BCUT2D eigenvalue weighted by molar-refractivity contribution is 5.75. The van der Waals surface area contributed by atoms with Gasteiger partial charge in [-0.15, -0.1) is 0 Å². The Labute approximate surface area is 152 Å². The van der Waals surface area contributed by atoms with Crippen LogP contribution in [0.4, 0.5) is 0 Å². The van der Waals surface area contributed by atoms with Crippen molar-refractivity contribution in [3.8, 4) is 0 Å². The predicted molar refractivity (Wildman–Crippen MR) is 97.1 cm³/mol. The van der Waals surface area contributed by atoms with E-state index in [1.165, 1.54) is 0 Å². The molecule has 0 fully saturated rings. The van der Waals surface area contributed by atoms with Crippen molar-refractivity contribution >= 4 is 5.78 Å². The molecule has 0 amide bonds. The van der Waals surface area contributed by atoms with Crippen molar-refractivity contribution in [1.29, 1.82) is 0 Å². The third-order valence-corrected chi connectivity index (χ3v) is 2.99. The summed E-state index contributed by atoms with van der Waals surface area (Å²) >= 11 is 0. The molecular formula is C18H37NO6. The summed E-state index contributed by atoms with van der Waals surface area (Å²) in [6.45, 7) is 14.3. The summed E-state index contributed by atoms with van der Waals surface area (Å²) in [5.74, 6) is 0.139. The zero-order valence-corrected chi connectivity index (χ0v) is 16.4. The summed E-state index contributed by atoms with van der Waals surface area (Å²) in [7, 11) is 0. The van der Waals surface area contributed by atoms with Gasteiger partial charge in [-0.2, -0.15) is 0 Å². The number of carbonyl (C=O) groups excluding carboxylic acids is 1. The van der Waals surface area contributed by atoms with Crippen molar-refractivity contribution in [1.82, 2.24) is 5.32 Å². The van der Waals surface area contributed by atoms with Crippen LogP contribution < -0.4 is 5.32 Å². The van der Waals surface area contributed by atoms with Gasteiger partial charge in [-0.1, -0.05) is 0 Å². The summed E-state index contributed by atoms with van der Waals surface area (Å²) in [6.07, 6.45) is 0.460. The minimum atomic E-state index is 0.128. The zero-order valence-electron chi connectivity index (χ0n) is 16.4. The van der Waals surface area contributed by atoms with Gasteiger partial charge in [0.25, 0.3) is 0 Å². The SMILES string of the molecule is CC(=O)CCOCCOCCOCCOCCOCCNC(C)(C)C. The van der Waals surface area contributed by atoms with Gasteiger partial charge in [-0.25, -0.2) is 0 Å². The third-order valence-electron chi connectivity index (χ3n) is 2.99. The van der Waals surface area contributed by atoms with Crippen molar-refractivity contribution in [2.24, 2.45) is 0 Å². The van der Waals surface area contributed by atoms with Crippen LogP contribution in [-0.2, 0) is 28.5 Å². The van der Waals surface area contributed by atoms with E-state index in [-0.39, 0.29) is 11.3 Å². The van der Waals surface area contributed by atoms with E-state index in [0.717, 1.165) is 6.54 Å². The molecule has 0 bridgehead atoms. The molecule has 25 heavy (non-hydrogen) atoms. The lowest BCUT2D eigenvalue weighted by Gasteiger charge is -2.20. The molecule has 0 saturated carbocycles. The maximum Gasteiger partial charge on any atom is 0.132 e. The molecule has 0 rings (SSSR count). The van der Waals surface area contributed by atoms with Gasteiger partial charge in [0.15, 0.2) is 0 Å². The molecule has 1 N–H and O–H groups in total. The van der Waals surface area contributed by atoms with E-state index in [0.29, 0.717) is 72.5 Å². The Morgan fingerprint density at radius 2 is 1.04 bits per heavy atom. The van der Waals surface area contributed by atoms with Crippen LogP contribution in [0, 0.1) is 0 Å². The van der Waals surface area contributed by atoms with Crippen LogP contribution in [0.25, 0.3) is 0 Å². The Balaban J connectivity index is 3.04. The fourth-order valence-corrected chi connectivity index (χ4v) is 1.70. The Morgan fingerprint density at radius 1 is 0.680 bits per heavy atom. The quantitative estimate of drug-likeness (QED) is 0.369. The van der Waals surface area contributed by atoms with E-state index in [2.05, 4.69) is 26.1 Å². The third kappa shape index (κ3) is 23.4. The first-order valence-electron chi connectivity index (χ1n) is 9.05. The molecule has 0 aromatic heterocycles. The molecule has 0 spiro atoms.